The fraction of sp³-hybridized carbons (Fsp3) is 0.222. The number of hydrazine groups is 1. The lowest BCUT2D eigenvalue weighted by Gasteiger charge is -2.17. The van der Waals surface area contributed by atoms with E-state index in [1.54, 1.807) is 24.3 Å². The maximum atomic E-state index is 12.8. The number of hydrogen-bond donors (Lipinski definition) is 2. The Morgan fingerprint density at radius 1 is 0.923 bits per heavy atom. The van der Waals surface area contributed by atoms with E-state index in [-0.39, 0.29) is 0 Å². The van der Waals surface area contributed by atoms with Gasteiger partial charge in [0.2, 0.25) is 0 Å². The molecule has 0 radical (unpaired) electrons. The maximum absolute atomic E-state index is 12.8. The van der Waals surface area contributed by atoms with Gasteiger partial charge in [-0.1, -0.05) is 17.7 Å². The van der Waals surface area contributed by atoms with Gasteiger partial charge in [0.1, 0.15) is 17.3 Å². The zero-order valence-corrected chi connectivity index (χ0v) is 14.9. The van der Waals surface area contributed by atoms with E-state index < -0.39 is 29.8 Å². The molecular weight excluding hydrogens is 363 g/mol. The topological polar surface area (TPSA) is 76.7 Å². The van der Waals surface area contributed by atoms with Gasteiger partial charge in [-0.05, 0) is 56.3 Å². The van der Waals surface area contributed by atoms with E-state index in [0.29, 0.717) is 16.5 Å². The van der Waals surface area contributed by atoms with Crippen LogP contribution < -0.4 is 20.3 Å². The molecule has 2 rings (SSSR count). The van der Waals surface area contributed by atoms with Crippen LogP contribution in [0.25, 0.3) is 0 Å². The molecule has 2 N–H and O–H groups in total. The molecule has 8 heteroatoms. The number of hydrogen-bond acceptors (Lipinski definition) is 4. The van der Waals surface area contributed by atoms with Crippen LogP contribution in [0.3, 0.4) is 0 Å². The first-order valence-electron chi connectivity index (χ1n) is 7.79. The van der Waals surface area contributed by atoms with E-state index in [1.165, 1.54) is 38.1 Å². The second kappa shape index (κ2) is 9.05. The Labute approximate surface area is 155 Å². The molecule has 26 heavy (non-hydrogen) atoms. The fourth-order valence-corrected chi connectivity index (χ4v) is 2.08. The summed E-state index contributed by atoms with van der Waals surface area (Å²) in [6, 6.07) is 11.8. The van der Waals surface area contributed by atoms with E-state index in [0.717, 1.165) is 0 Å². The molecule has 0 bridgehead atoms. The van der Waals surface area contributed by atoms with Crippen LogP contribution in [0.15, 0.2) is 48.5 Å². The van der Waals surface area contributed by atoms with Crippen molar-refractivity contribution in [1.29, 1.82) is 0 Å². The van der Waals surface area contributed by atoms with Crippen LogP contribution in [0.4, 0.5) is 4.39 Å². The predicted molar refractivity (Wildman–Crippen MR) is 94.3 cm³/mol. The van der Waals surface area contributed by atoms with Crippen LogP contribution in [0.1, 0.15) is 13.8 Å². The number of carbonyl (C=O) groups is 2. The summed E-state index contributed by atoms with van der Waals surface area (Å²) in [5.74, 6) is -0.766. The number of nitrogens with one attached hydrogen (secondary N) is 2. The van der Waals surface area contributed by atoms with Crippen LogP contribution in [-0.4, -0.2) is 24.0 Å². The van der Waals surface area contributed by atoms with E-state index in [1.807, 2.05) is 0 Å². The molecule has 2 aromatic carbocycles. The van der Waals surface area contributed by atoms with Gasteiger partial charge in [-0.25, -0.2) is 4.39 Å². The van der Waals surface area contributed by atoms with Crippen molar-refractivity contribution in [2.75, 3.05) is 0 Å². The summed E-state index contributed by atoms with van der Waals surface area (Å²) < 4.78 is 23.6. The molecule has 2 aromatic rings. The molecule has 0 spiro atoms. The van der Waals surface area contributed by atoms with Crippen LogP contribution in [-0.2, 0) is 9.59 Å². The Kier molecular flexibility index (Phi) is 6.80. The number of ether oxygens (including phenoxy) is 2. The van der Waals surface area contributed by atoms with Crippen LogP contribution in [0, 0.1) is 5.82 Å². The minimum absolute atomic E-state index is 0.332. The molecule has 0 saturated heterocycles. The molecule has 0 aromatic heterocycles. The normalized spacial score (nSPS) is 12.6. The number of carbonyl (C=O) groups excluding carboxylic acids is 2. The van der Waals surface area contributed by atoms with Crippen molar-refractivity contribution in [3.05, 3.63) is 59.4 Å². The van der Waals surface area contributed by atoms with Gasteiger partial charge in [0.25, 0.3) is 11.8 Å². The van der Waals surface area contributed by atoms with Gasteiger partial charge >= 0.3 is 0 Å². The molecule has 2 atom stereocenters. The summed E-state index contributed by atoms with van der Waals surface area (Å²) in [5.41, 5.74) is 4.50. The van der Waals surface area contributed by atoms with Gasteiger partial charge < -0.3 is 9.47 Å². The second-order valence-electron chi connectivity index (χ2n) is 5.41. The lowest BCUT2D eigenvalue weighted by atomic mass is 10.3. The van der Waals surface area contributed by atoms with Crippen molar-refractivity contribution in [1.82, 2.24) is 10.9 Å². The fourth-order valence-electron chi connectivity index (χ4n) is 1.90. The number of rotatable bonds is 6. The highest BCUT2D eigenvalue weighted by atomic mass is 35.5. The Morgan fingerprint density at radius 2 is 1.46 bits per heavy atom. The summed E-state index contributed by atoms with van der Waals surface area (Å²) in [5, 5.41) is 0.482. The standard InChI is InChI=1S/C18H18ClFN2O4/c1-11(25-15-8-6-14(20)7-9-15)17(23)21-22-18(24)12(2)26-16-5-3-4-13(19)10-16/h3-12H,1-2H3,(H,21,23)(H,22,24). The summed E-state index contributed by atoms with van der Waals surface area (Å²) in [6.07, 6.45) is -1.76. The van der Waals surface area contributed by atoms with Crippen molar-refractivity contribution in [3.63, 3.8) is 0 Å². The van der Waals surface area contributed by atoms with Crippen molar-refractivity contribution in [3.8, 4) is 11.5 Å². The molecule has 2 unspecified atom stereocenters. The average Bonchev–Trinajstić information content (AvgIpc) is 2.61. The molecule has 6 nitrogen and oxygen atoms in total. The number of halogens is 2. The molecule has 0 aliphatic carbocycles. The molecule has 138 valence electrons. The van der Waals surface area contributed by atoms with E-state index >= 15 is 0 Å². The summed E-state index contributed by atoms with van der Waals surface area (Å²) in [7, 11) is 0. The van der Waals surface area contributed by atoms with E-state index in [4.69, 9.17) is 21.1 Å². The van der Waals surface area contributed by atoms with Crippen molar-refractivity contribution in [2.45, 2.75) is 26.1 Å². The lowest BCUT2D eigenvalue weighted by molar-refractivity contribution is -0.135. The highest BCUT2D eigenvalue weighted by Gasteiger charge is 2.19. The first kappa shape index (κ1) is 19.5. The first-order valence-corrected chi connectivity index (χ1v) is 8.17. The zero-order valence-electron chi connectivity index (χ0n) is 14.2. The monoisotopic (exact) mass is 380 g/mol. The number of amides is 2. The molecule has 2 amide bonds. The van der Waals surface area contributed by atoms with Crippen LogP contribution >= 0.6 is 11.6 Å². The predicted octanol–water partition coefficient (Wildman–Crippen LogP) is 2.86. The Bertz CT molecular complexity index is 770. The molecule has 0 heterocycles. The molecular formula is C18H18ClFN2O4. The van der Waals surface area contributed by atoms with Gasteiger partial charge in [0.15, 0.2) is 12.2 Å². The van der Waals surface area contributed by atoms with E-state index in [9.17, 15) is 14.0 Å². The Hall–Kier alpha value is -2.80. The third-order valence-corrected chi connectivity index (χ3v) is 3.52. The summed E-state index contributed by atoms with van der Waals surface area (Å²) >= 11 is 5.85. The SMILES string of the molecule is CC(Oc1ccc(F)cc1)C(=O)NNC(=O)C(C)Oc1cccc(Cl)c1. The quantitative estimate of drug-likeness (QED) is 0.755. The van der Waals surface area contributed by atoms with E-state index in [2.05, 4.69) is 10.9 Å². The molecule has 0 fully saturated rings. The van der Waals surface area contributed by atoms with Gasteiger partial charge in [-0.2, -0.15) is 0 Å². The minimum atomic E-state index is -0.898. The average molecular weight is 381 g/mol. The lowest BCUT2D eigenvalue weighted by Crippen LogP contribution is -2.50. The molecule has 0 aliphatic rings. The van der Waals surface area contributed by atoms with Gasteiger partial charge in [-0.15, -0.1) is 0 Å². The Morgan fingerprint density at radius 3 is 2.00 bits per heavy atom. The van der Waals surface area contributed by atoms with Crippen LogP contribution in [0.2, 0.25) is 5.02 Å². The summed E-state index contributed by atoms with van der Waals surface area (Å²) in [4.78, 5) is 24.0. The summed E-state index contributed by atoms with van der Waals surface area (Å²) in [6.45, 7) is 3.03. The van der Waals surface area contributed by atoms with Gasteiger partial charge in [0.05, 0.1) is 0 Å². The highest BCUT2D eigenvalue weighted by Crippen LogP contribution is 2.18. The Balaban J connectivity index is 1.79. The molecule has 0 saturated carbocycles. The number of benzene rings is 2. The van der Waals surface area contributed by atoms with Crippen molar-refractivity contribution < 1.29 is 23.5 Å². The molecule has 0 aliphatic heterocycles. The maximum Gasteiger partial charge on any atom is 0.279 e. The van der Waals surface area contributed by atoms with Gasteiger partial charge in [-0.3, -0.25) is 20.4 Å². The van der Waals surface area contributed by atoms with Crippen molar-refractivity contribution in [2.24, 2.45) is 0 Å². The minimum Gasteiger partial charge on any atom is -0.481 e. The first-order chi connectivity index (χ1) is 12.3. The third-order valence-electron chi connectivity index (χ3n) is 3.28. The second-order valence-corrected chi connectivity index (χ2v) is 5.85. The largest absolute Gasteiger partial charge is 0.481 e. The zero-order chi connectivity index (χ0) is 19.1. The smallest absolute Gasteiger partial charge is 0.279 e. The van der Waals surface area contributed by atoms with Crippen LogP contribution in [0.5, 0.6) is 11.5 Å². The van der Waals surface area contributed by atoms with Crippen molar-refractivity contribution >= 4 is 23.4 Å². The highest BCUT2D eigenvalue weighted by molar-refractivity contribution is 6.30. The van der Waals surface area contributed by atoms with Gasteiger partial charge in [0, 0.05) is 5.02 Å². The third kappa shape index (κ3) is 5.93.